The van der Waals surface area contributed by atoms with E-state index in [1.165, 1.54) is 0 Å². The fourth-order valence-electron chi connectivity index (χ4n) is 4.78. The maximum Gasteiger partial charge on any atom is 0.477 e. The maximum absolute atomic E-state index is 13.8. The van der Waals surface area contributed by atoms with E-state index in [1.807, 2.05) is 105 Å². The van der Waals surface area contributed by atoms with Crippen molar-refractivity contribution in [2.45, 2.75) is 90.1 Å². The molecule has 0 saturated carbocycles. The summed E-state index contributed by atoms with van der Waals surface area (Å²) in [6.07, 6.45) is -2.15. The summed E-state index contributed by atoms with van der Waals surface area (Å²) >= 11 is 0. The van der Waals surface area contributed by atoms with Crippen molar-refractivity contribution in [3.8, 4) is 0 Å². The van der Waals surface area contributed by atoms with Crippen LogP contribution in [0.25, 0.3) is 0 Å². The molecule has 4 rings (SSSR count). The monoisotopic (exact) mass is 642 g/mol. The predicted octanol–water partition coefficient (Wildman–Crippen LogP) is 7.22. The molecule has 3 aromatic rings. The highest BCUT2D eigenvalue weighted by atomic mass is 31.2. The molecule has 0 bridgehead atoms. The highest BCUT2D eigenvalue weighted by Gasteiger charge is 2.50. The van der Waals surface area contributed by atoms with Gasteiger partial charge in [0.15, 0.2) is 6.29 Å². The van der Waals surface area contributed by atoms with Crippen LogP contribution in [0.2, 0.25) is 0 Å². The maximum atomic E-state index is 13.8. The van der Waals surface area contributed by atoms with Gasteiger partial charge in [0.25, 0.3) is 0 Å². The van der Waals surface area contributed by atoms with Crippen molar-refractivity contribution in [3.05, 3.63) is 108 Å². The van der Waals surface area contributed by atoms with E-state index in [0.29, 0.717) is 19.4 Å². The number of aliphatic hydroxyl groups is 1. The van der Waals surface area contributed by atoms with Crippen LogP contribution >= 0.6 is 7.82 Å². The normalized spacial score (nSPS) is 22.0. The summed E-state index contributed by atoms with van der Waals surface area (Å²) in [7, 11) is -4.09. The Morgan fingerprint density at radius 1 is 0.689 bits per heavy atom. The number of phosphoric ester groups is 1. The van der Waals surface area contributed by atoms with Gasteiger partial charge in [-0.2, -0.15) is 0 Å². The topological polar surface area (TPSA) is 102 Å². The standard InChI is InChI=1S/C35H47O9P/c1-3-5-22-41-45(37,42-23-6-4-2)44-35-32(36)34(40-26-30-20-14-9-15-21-30)33(39-25-29-18-12-8-13-19-29)31(43-35)27-38-24-28-16-10-7-11-17-28/h7-21,31-36H,3-6,22-27H2,1-2H3/t31-,32?,33-,34-,35?/m1/s1. The number of unbranched alkanes of at least 4 members (excludes halogenated alkanes) is 2. The Labute approximate surface area is 267 Å². The van der Waals surface area contributed by atoms with Crippen LogP contribution in [-0.2, 0) is 56.9 Å². The van der Waals surface area contributed by atoms with Gasteiger partial charge < -0.3 is 24.1 Å². The summed E-state index contributed by atoms with van der Waals surface area (Å²) in [5, 5.41) is 11.7. The smallest absolute Gasteiger partial charge is 0.385 e. The third-order valence-corrected chi connectivity index (χ3v) is 8.77. The summed E-state index contributed by atoms with van der Waals surface area (Å²) in [6.45, 7) is 5.28. The van der Waals surface area contributed by atoms with Gasteiger partial charge >= 0.3 is 7.82 Å². The van der Waals surface area contributed by atoms with Gasteiger partial charge in [0, 0.05) is 0 Å². The van der Waals surface area contributed by atoms with E-state index >= 15 is 0 Å². The molecule has 0 aromatic heterocycles. The first-order valence-electron chi connectivity index (χ1n) is 15.8. The second-order valence-corrected chi connectivity index (χ2v) is 12.6. The average molecular weight is 643 g/mol. The molecule has 0 amide bonds. The van der Waals surface area contributed by atoms with Crippen LogP contribution in [0.1, 0.15) is 56.2 Å². The lowest BCUT2D eigenvalue weighted by atomic mass is 9.98. The largest absolute Gasteiger partial charge is 0.477 e. The summed E-state index contributed by atoms with van der Waals surface area (Å²) in [4.78, 5) is 0. The molecule has 10 heteroatoms. The molecule has 5 atom stereocenters. The Kier molecular flexibility index (Phi) is 15.2. The van der Waals surface area contributed by atoms with Crippen molar-refractivity contribution in [3.63, 3.8) is 0 Å². The second kappa shape index (κ2) is 19.3. The van der Waals surface area contributed by atoms with E-state index in [-0.39, 0.29) is 33.0 Å². The molecule has 9 nitrogen and oxygen atoms in total. The third kappa shape index (κ3) is 11.7. The highest BCUT2D eigenvalue weighted by molar-refractivity contribution is 7.48. The number of benzene rings is 3. The van der Waals surface area contributed by atoms with Crippen molar-refractivity contribution in [1.29, 1.82) is 0 Å². The lowest BCUT2D eigenvalue weighted by Gasteiger charge is -2.44. The SMILES string of the molecule is CCCCOP(=O)(OCCCC)OC1O[C@H](COCc2ccccc2)[C@@H](OCc2ccccc2)[C@H](OCc2ccccc2)C1O. The molecule has 45 heavy (non-hydrogen) atoms. The van der Waals surface area contributed by atoms with Gasteiger partial charge in [-0.1, -0.05) is 118 Å². The van der Waals surface area contributed by atoms with Crippen molar-refractivity contribution in [2.75, 3.05) is 19.8 Å². The highest BCUT2D eigenvalue weighted by Crippen LogP contribution is 2.52. The molecule has 1 saturated heterocycles. The fourth-order valence-corrected chi connectivity index (χ4v) is 6.11. The van der Waals surface area contributed by atoms with Crippen LogP contribution in [-0.4, -0.2) is 55.6 Å². The van der Waals surface area contributed by atoms with Gasteiger partial charge in [-0.05, 0) is 29.5 Å². The Morgan fingerprint density at radius 3 is 1.64 bits per heavy atom. The molecule has 1 aliphatic heterocycles. The van der Waals surface area contributed by atoms with Gasteiger partial charge in [0.05, 0.1) is 39.6 Å². The van der Waals surface area contributed by atoms with E-state index in [1.54, 1.807) is 0 Å². The third-order valence-electron chi connectivity index (χ3n) is 7.31. The number of ether oxygens (including phenoxy) is 4. The second-order valence-electron chi connectivity index (χ2n) is 11.0. The number of phosphoric acid groups is 1. The summed E-state index contributed by atoms with van der Waals surface area (Å²) in [5.74, 6) is 0. The average Bonchev–Trinajstić information content (AvgIpc) is 3.06. The van der Waals surface area contributed by atoms with Crippen molar-refractivity contribution in [1.82, 2.24) is 0 Å². The van der Waals surface area contributed by atoms with E-state index in [0.717, 1.165) is 29.5 Å². The quantitative estimate of drug-likeness (QED) is 0.101. The van der Waals surface area contributed by atoms with Gasteiger partial charge in [-0.25, -0.2) is 4.57 Å². The molecule has 0 aliphatic carbocycles. The van der Waals surface area contributed by atoms with Crippen LogP contribution < -0.4 is 0 Å². The van der Waals surface area contributed by atoms with Crippen molar-refractivity contribution in [2.24, 2.45) is 0 Å². The van der Waals surface area contributed by atoms with Gasteiger partial charge in [0.2, 0.25) is 0 Å². The summed E-state index contributed by atoms with van der Waals surface area (Å²) in [5.41, 5.74) is 2.87. The fraction of sp³-hybridized carbons (Fsp3) is 0.486. The molecule has 0 spiro atoms. The van der Waals surface area contributed by atoms with E-state index in [2.05, 4.69) is 0 Å². The van der Waals surface area contributed by atoms with Gasteiger partial charge in [0.1, 0.15) is 24.4 Å². The van der Waals surface area contributed by atoms with E-state index in [4.69, 9.17) is 32.5 Å². The molecule has 1 heterocycles. The number of hydrogen-bond donors (Lipinski definition) is 1. The first kappa shape index (κ1) is 35.4. The Morgan fingerprint density at radius 2 is 1.16 bits per heavy atom. The zero-order valence-electron chi connectivity index (χ0n) is 26.3. The Bertz CT molecular complexity index is 1230. The molecular weight excluding hydrogens is 595 g/mol. The molecule has 2 unspecified atom stereocenters. The van der Waals surface area contributed by atoms with Crippen molar-refractivity contribution < 1.29 is 42.2 Å². The lowest BCUT2D eigenvalue weighted by molar-refractivity contribution is -0.302. The first-order valence-corrected chi connectivity index (χ1v) is 17.3. The first-order chi connectivity index (χ1) is 22.0. The minimum atomic E-state index is -4.09. The molecular formula is C35H47O9P. The van der Waals surface area contributed by atoms with Gasteiger partial charge in [-0.3, -0.25) is 13.6 Å². The molecule has 1 aliphatic rings. The van der Waals surface area contributed by atoms with Crippen LogP contribution in [0.15, 0.2) is 91.0 Å². The van der Waals surface area contributed by atoms with Crippen LogP contribution in [0.5, 0.6) is 0 Å². The molecule has 1 N–H and O–H groups in total. The van der Waals surface area contributed by atoms with Gasteiger partial charge in [-0.15, -0.1) is 0 Å². The lowest BCUT2D eigenvalue weighted by Crippen LogP contribution is -2.60. The van der Waals surface area contributed by atoms with Crippen LogP contribution in [0.3, 0.4) is 0 Å². The van der Waals surface area contributed by atoms with E-state index in [9.17, 15) is 9.67 Å². The summed E-state index contributed by atoms with van der Waals surface area (Å²) < 4.78 is 56.2. The summed E-state index contributed by atoms with van der Waals surface area (Å²) in [6, 6.07) is 29.2. The predicted molar refractivity (Wildman–Crippen MR) is 171 cm³/mol. The molecule has 3 aromatic carbocycles. The molecule has 1 fully saturated rings. The van der Waals surface area contributed by atoms with Crippen LogP contribution in [0, 0.1) is 0 Å². The number of aliphatic hydroxyl groups excluding tert-OH is 1. The zero-order chi connectivity index (χ0) is 31.7. The van der Waals surface area contributed by atoms with Crippen molar-refractivity contribution >= 4 is 7.82 Å². The molecule has 0 radical (unpaired) electrons. The Hall–Kier alpha value is -2.43. The number of hydrogen-bond acceptors (Lipinski definition) is 9. The van der Waals surface area contributed by atoms with E-state index < -0.39 is 38.5 Å². The zero-order valence-corrected chi connectivity index (χ0v) is 27.2. The Balaban J connectivity index is 1.58. The minimum Gasteiger partial charge on any atom is -0.385 e. The minimum absolute atomic E-state index is 0.101. The number of rotatable bonds is 20. The molecule has 246 valence electrons. The van der Waals surface area contributed by atoms with Crippen LogP contribution in [0.4, 0.5) is 0 Å².